The fraction of sp³-hybridized carbons (Fsp3) is 0.226. The second-order valence-corrected chi connectivity index (χ2v) is 10.1. The van der Waals surface area contributed by atoms with Crippen molar-refractivity contribution in [1.82, 2.24) is 10.3 Å². The van der Waals surface area contributed by atoms with Crippen LogP contribution in [0, 0.1) is 18.6 Å². The van der Waals surface area contributed by atoms with E-state index in [2.05, 4.69) is 24.1 Å². The van der Waals surface area contributed by atoms with E-state index in [-0.39, 0.29) is 17.4 Å². The molecule has 4 N–H and O–H groups in total. The SMILES string of the molecule is Cc1nc(N)cc(C(C)C)c1CNC(=O)c1ccc2c(c1)Cc1cc(-c3ccc(F)cc3F)ccc1[C@@H]2O. The minimum atomic E-state index is -0.866. The second kappa shape index (κ2) is 9.99. The zero-order valence-electron chi connectivity index (χ0n) is 21.5. The molecule has 0 saturated carbocycles. The number of hydrogen-bond donors (Lipinski definition) is 3. The van der Waals surface area contributed by atoms with Crippen LogP contribution in [0.2, 0.25) is 0 Å². The van der Waals surface area contributed by atoms with Gasteiger partial charge in [0.25, 0.3) is 5.91 Å². The van der Waals surface area contributed by atoms with Crippen molar-refractivity contribution in [2.24, 2.45) is 0 Å². The molecule has 0 fully saturated rings. The van der Waals surface area contributed by atoms with E-state index in [9.17, 15) is 18.7 Å². The number of nitrogens with zero attached hydrogens (tertiary/aromatic N) is 1. The van der Waals surface area contributed by atoms with E-state index in [1.165, 1.54) is 12.1 Å². The number of anilines is 1. The van der Waals surface area contributed by atoms with Gasteiger partial charge in [-0.15, -0.1) is 0 Å². The maximum absolute atomic E-state index is 14.4. The van der Waals surface area contributed by atoms with E-state index in [4.69, 9.17) is 5.73 Å². The largest absolute Gasteiger partial charge is 0.384 e. The third-order valence-corrected chi connectivity index (χ3v) is 7.19. The number of aliphatic hydroxyl groups excluding tert-OH is 1. The predicted octanol–water partition coefficient (Wildman–Crippen LogP) is 5.96. The molecular formula is C31H29F2N3O2. The van der Waals surface area contributed by atoms with Crippen molar-refractivity contribution in [3.05, 3.63) is 117 Å². The number of hydrogen-bond acceptors (Lipinski definition) is 4. The van der Waals surface area contributed by atoms with Crippen molar-refractivity contribution in [3.63, 3.8) is 0 Å². The summed E-state index contributed by atoms with van der Waals surface area (Å²) in [6, 6.07) is 15.9. The first-order valence-electron chi connectivity index (χ1n) is 12.6. The van der Waals surface area contributed by atoms with E-state index >= 15 is 0 Å². The molecule has 1 amide bonds. The van der Waals surface area contributed by atoms with Gasteiger partial charge in [0.15, 0.2) is 0 Å². The molecule has 4 aromatic rings. The normalized spacial score (nSPS) is 14.2. The average molecular weight is 514 g/mol. The molecule has 7 heteroatoms. The molecule has 1 atom stereocenters. The highest BCUT2D eigenvalue weighted by molar-refractivity contribution is 5.94. The van der Waals surface area contributed by atoms with Gasteiger partial charge in [0.05, 0.1) is 0 Å². The first-order chi connectivity index (χ1) is 18.1. The first-order valence-corrected chi connectivity index (χ1v) is 12.6. The molecule has 0 bridgehead atoms. The lowest BCUT2D eigenvalue weighted by atomic mass is 9.82. The highest BCUT2D eigenvalue weighted by Gasteiger charge is 2.25. The monoisotopic (exact) mass is 513 g/mol. The zero-order valence-corrected chi connectivity index (χ0v) is 21.5. The Bertz CT molecular complexity index is 1570. The van der Waals surface area contributed by atoms with E-state index in [1.54, 1.807) is 30.3 Å². The number of amides is 1. The van der Waals surface area contributed by atoms with Crippen LogP contribution in [0.25, 0.3) is 11.1 Å². The maximum atomic E-state index is 14.4. The Kier molecular flexibility index (Phi) is 6.71. The zero-order chi connectivity index (χ0) is 27.1. The van der Waals surface area contributed by atoms with Crippen molar-refractivity contribution in [1.29, 1.82) is 0 Å². The van der Waals surface area contributed by atoms with Gasteiger partial charge in [-0.2, -0.15) is 0 Å². The van der Waals surface area contributed by atoms with Crippen LogP contribution in [0.4, 0.5) is 14.6 Å². The summed E-state index contributed by atoms with van der Waals surface area (Å²) in [6.45, 7) is 6.35. The molecule has 1 aromatic heterocycles. The Labute approximate surface area is 220 Å². The molecule has 3 aromatic carbocycles. The number of halogens is 2. The summed E-state index contributed by atoms with van der Waals surface area (Å²) in [4.78, 5) is 17.5. The van der Waals surface area contributed by atoms with Crippen LogP contribution in [0.15, 0.2) is 60.7 Å². The van der Waals surface area contributed by atoms with E-state index in [1.807, 2.05) is 19.1 Å². The van der Waals surface area contributed by atoms with Gasteiger partial charge in [-0.1, -0.05) is 38.1 Å². The molecule has 194 valence electrons. The highest BCUT2D eigenvalue weighted by atomic mass is 19.1. The topological polar surface area (TPSA) is 88.2 Å². The average Bonchev–Trinajstić information content (AvgIpc) is 2.87. The molecule has 0 saturated heterocycles. The third kappa shape index (κ3) is 4.77. The summed E-state index contributed by atoms with van der Waals surface area (Å²) in [6.07, 6.45) is -0.395. The highest BCUT2D eigenvalue weighted by Crippen LogP contribution is 2.38. The number of fused-ring (bicyclic) bond motifs is 2. The number of aliphatic hydroxyl groups is 1. The molecule has 1 aliphatic carbocycles. The molecule has 1 heterocycles. The Morgan fingerprint density at radius 1 is 1.05 bits per heavy atom. The number of nitrogen functional groups attached to an aromatic ring is 1. The molecule has 0 unspecified atom stereocenters. The standard InChI is InChI=1S/C31H29F2N3O2/c1-16(2)26-14-29(34)36-17(3)27(26)15-35-31(38)19-5-8-25-21(11-19)12-20-10-18(4-7-24(20)30(25)37)23-9-6-22(32)13-28(23)33/h4-11,13-14,16,30,37H,12,15H2,1-3H3,(H2,34,36)(H,35,38)/t30-/m0/s1. The molecule has 5 rings (SSSR count). The Morgan fingerprint density at radius 3 is 2.47 bits per heavy atom. The van der Waals surface area contributed by atoms with Crippen molar-refractivity contribution >= 4 is 11.7 Å². The Morgan fingerprint density at radius 2 is 1.76 bits per heavy atom. The summed E-state index contributed by atoms with van der Waals surface area (Å²) in [7, 11) is 0. The second-order valence-electron chi connectivity index (χ2n) is 10.1. The first kappa shape index (κ1) is 25.5. The van der Waals surface area contributed by atoms with Crippen LogP contribution in [0.3, 0.4) is 0 Å². The van der Waals surface area contributed by atoms with E-state index in [0.29, 0.717) is 29.9 Å². The van der Waals surface area contributed by atoms with Gasteiger partial charge in [0.1, 0.15) is 23.6 Å². The van der Waals surface area contributed by atoms with Crippen LogP contribution in [-0.4, -0.2) is 16.0 Å². The van der Waals surface area contributed by atoms with Crippen molar-refractivity contribution in [2.45, 2.75) is 45.8 Å². The molecule has 0 aliphatic heterocycles. The number of carbonyl (C=O) groups is 1. The number of nitrogens with two attached hydrogens (primary N) is 1. The number of benzene rings is 3. The fourth-order valence-electron chi connectivity index (χ4n) is 5.22. The smallest absolute Gasteiger partial charge is 0.251 e. The molecule has 38 heavy (non-hydrogen) atoms. The molecule has 0 radical (unpaired) electrons. The van der Waals surface area contributed by atoms with Crippen LogP contribution in [0.1, 0.15) is 75.3 Å². The van der Waals surface area contributed by atoms with Crippen LogP contribution in [0.5, 0.6) is 0 Å². The number of pyridine rings is 1. The number of nitrogens with one attached hydrogen (secondary N) is 1. The van der Waals surface area contributed by atoms with Gasteiger partial charge in [-0.3, -0.25) is 4.79 Å². The molecule has 0 spiro atoms. The van der Waals surface area contributed by atoms with Crippen LogP contribution < -0.4 is 11.1 Å². The van der Waals surface area contributed by atoms with Crippen LogP contribution >= 0.6 is 0 Å². The number of carbonyl (C=O) groups excluding carboxylic acids is 1. The number of rotatable bonds is 5. The lowest BCUT2D eigenvalue weighted by molar-refractivity contribution is 0.0950. The number of aromatic nitrogens is 1. The van der Waals surface area contributed by atoms with Crippen molar-refractivity contribution in [3.8, 4) is 11.1 Å². The summed E-state index contributed by atoms with van der Waals surface area (Å²) in [5.41, 5.74) is 13.2. The van der Waals surface area contributed by atoms with E-state index < -0.39 is 17.7 Å². The van der Waals surface area contributed by atoms with Gasteiger partial charge in [-0.05, 0) is 88.5 Å². The van der Waals surface area contributed by atoms with Crippen molar-refractivity contribution < 1.29 is 18.7 Å². The summed E-state index contributed by atoms with van der Waals surface area (Å²) < 4.78 is 27.8. The van der Waals surface area contributed by atoms with Gasteiger partial charge in [0, 0.05) is 29.4 Å². The Balaban J connectivity index is 1.39. The minimum Gasteiger partial charge on any atom is -0.384 e. The third-order valence-electron chi connectivity index (χ3n) is 7.19. The number of aryl methyl sites for hydroxylation is 1. The van der Waals surface area contributed by atoms with Gasteiger partial charge in [0.2, 0.25) is 0 Å². The fourth-order valence-corrected chi connectivity index (χ4v) is 5.22. The molecule has 1 aliphatic rings. The lowest BCUT2D eigenvalue weighted by Crippen LogP contribution is -2.25. The molecular weight excluding hydrogens is 484 g/mol. The Hall–Kier alpha value is -4.10. The lowest BCUT2D eigenvalue weighted by Gasteiger charge is -2.26. The quantitative estimate of drug-likeness (QED) is 0.307. The summed E-state index contributed by atoms with van der Waals surface area (Å²) >= 11 is 0. The van der Waals surface area contributed by atoms with Crippen molar-refractivity contribution in [2.75, 3.05) is 5.73 Å². The van der Waals surface area contributed by atoms with E-state index in [0.717, 1.165) is 45.1 Å². The van der Waals surface area contributed by atoms with Gasteiger partial charge in [-0.25, -0.2) is 13.8 Å². The maximum Gasteiger partial charge on any atom is 0.251 e. The molecule has 5 nitrogen and oxygen atoms in total. The van der Waals surface area contributed by atoms with Gasteiger partial charge >= 0.3 is 0 Å². The van der Waals surface area contributed by atoms with Crippen LogP contribution in [-0.2, 0) is 13.0 Å². The minimum absolute atomic E-state index is 0.226. The van der Waals surface area contributed by atoms with Gasteiger partial charge < -0.3 is 16.2 Å². The summed E-state index contributed by atoms with van der Waals surface area (Å²) in [5, 5.41) is 14.0. The predicted molar refractivity (Wildman–Crippen MR) is 144 cm³/mol. The summed E-state index contributed by atoms with van der Waals surface area (Å²) in [5.74, 6) is -0.832.